The highest BCUT2D eigenvalue weighted by atomic mass is 16.7. The van der Waals surface area contributed by atoms with Gasteiger partial charge in [-0.2, -0.15) is 0 Å². The number of ether oxygens (including phenoxy) is 3. The van der Waals surface area contributed by atoms with Crippen LogP contribution in [0.1, 0.15) is 26.7 Å². The van der Waals surface area contributed by atoms with Crippen LogP contribution >= 0.6 is 0 Å². The Kier molecular flexibility index (Phi) is 11.4. The van der Waals surface area contributed by atoms with E-state index in [1.807, 2.05) is 0 Å². The van der Waals surface area contributed by atoms with E-state index in [0.717, 1.165) is 6.08 Å². The molecule has 3 atom stereocenters. The third-order valence-corrected chi connectivity index (χ3v) is 2.69. The zero-order chi connectivity index (χ0) is 18.5. The first kappa shape index (κ1) is 22.0. The van der Waals surface area contributed by atoms with Crippen molar-refractivity contribution in [2.24, 2.45) is 0 Å². The van der Waals surface area contributed by atoms with Gasteiger partial charge in [0.25, 0.3) is 0 Å². The van der Waals surface area contributed by atoms with Gasteiger partial charge in [-0.15, -0.1) is 0 Å². The maximum atomic E-state index is 11.9. The Balaban J connectivity index is 4.60. The largest absolute Gasteiger partial charge is 0.478 e. The number of aliphatic hydroxyl groups is 1. The van der Waals surface area contributed by atoms with Crippen LogP contribution in [0.25, 0.3) is 0 Å². The number of hydrogen-bond donors (Lipinski definition) is 2. The number of rotatable bonds is 12. The predicted octanol–water partition coefficient (Wildman–Crippen LogP) is 0.834. The predicted molar refractivity (Wildman–Crippen MR) is 84.1 cm³/mol. The maximum absolute atomic E-state index is 11.9. The maximum Gasteiger partial charge on any atom is 0.330 e. The molecular formula is C16H24O8. The van der Waals surface area contributed by atoms with Crippen LogP contribution in [0, 0.1) is 0 Å². The van der Waals surface area contributed by atoms with Gasteiger partial charge in [0, 0.05) is 25.7 Å². The number of carbonyl (C=O) groups excluding carboxylic acids is 2. The van der Waals surface area contributed by atoms with E-state index in [-0.39, 0.29) is 13.2 Å². The fourth-order valence-electron chi connectivity index (χ4n) is 1.63. The molecule has 136 valence electrons. The summed E-state index contributed by atoms with van der Waals surface area (Å²) in [6, 6.07) is 0. The summed E-state index contributed by atoms with van der Waals surface area (Å²) in [6.45, 7) is 3.01. The lowest BCUT2D eigenvalue weighted by atomic mass is 10.1. The van der Waals surface area contributed by atoms with Gasteiger partial charge in [0.2, 0.25) is 0 Å². The van der Waals surface area contributed by atoms with Gasteiger partial charge in [-0.05, 0) is 26.3 Å². The number of methoxy groups -OCH3 is 1. The minimum Gasteiger partial charge on any atom is -0.478 e. The molecule has 24 heavy (non-hydrogen) atoms. The van der Waals surface area contributed by atoms with Crippen LogP contribution in [0.5, 0.6) is 0 Å². The van der Waals surface area contributed by atoms with Gasteiger partial charge in [0.05, 0.1) is 6.10 Å². The minimum absolute atomic E-state index is 0.0438. The summed E-state index contributed by atoms with van der Waals surface area (Å²) in [5.74, 6) is -2.43. The first-order chi connectivity index (χ1) is 11.3. The number of carbonyl (C=O) groups is 3. The zero-order valence-electron chi connectivity index (χ0n) is 14.0. The third-order valence-electron chi connectivity index (χ3n) is 2.69. The molecule has 0 saturated carbocycles. The van der Waals surface area contributed by atoms with E-state index < -0.39 is 36.0 Å². The van der Waals surface area contributed by atoms with Crippen LogP contribution in [-0.4, -0.2) is 60.1 Å². The summed E-state index contributed by atoms with van der Waals surface area (Å²) in [5, 5.41) is 17.6. The second-order valence-electron chi connectivity index (χ2n) is 5.11. The monoisotopic (exact) mass is 344 g/mol. The topological polar surface area (TPSA) is 119 Å². The van der Waals surface area contributed by atoms with Crippen molar-refractivity contribution >= 4 is 17.7 Å². The third kappa shape index (κ3) is 11.5. The molecule has 2 N–H and O–H groups in total. The Morgan fingerprint density at radius 1 is 1.12 bits per heavy atom. The lowest BCUT2D eigenvalue weighted by Gasteiger charge is -2.19. The number of aliphatic carboxylic acids is 1. The van der Waals surface area contributed by atoms with Crippen molar-refractivity contribution in [3.05, 3.63) is 24.3 Å². The van der Waals surface area contributed by atoms with Crippen LogP contribution in [0.2, 0.25) is 0 Å². The van der Waals surface area contributed by atoms with Gasteiger partial charge in [-0.25, -0.2) is 9.59 Å². The van der Waals surface area contributed by atoms with Gasteiger partial charge in [0.1, 0.15) is 19.0 Å². The van der Waals surface area contributed by atoms with E-state index in [1.165, 1.54) is 19.3 Å². The Labute approximate surface area is 140 Å². The van der Waals surface area contributed by atoms with E-state index in [1.54, 1.807) is 13.8 Å². The molecule has 0 aromatic rings. The molecule has 0 fully saturated rings. The number of hydrogen-bond acceptors (Lipinski definition) is 7. The van der Waals surface area contributed by atoms with E-state index >= 15 is 0 Å². The normalized spacial score (nSPS) is 15.3. The molecule has 0 radical (unpaired) electrons. The second-order valence-corrected chi connectivity index (χ2v) is 5.11. The Morgan fingerprint density at radius 2 is 1.79 bits per heavy atom. The van der Waals surface area contributed by atoms with Crippen LogP contribution in [0.15, 0.2) is 24.3 Å². The Hall–Kier alpha value is -2.03. The summed E-state index contributed by atoms with van der Waals surface area (Å²) in [7, 11) is 1.38. The van der Waals surface area contributed by atoms with E-state index in [2.05, 4.69) is 0 Å². The average molecular weight is 344 g/mol. The first-order valence-corrected chi connectivity index (χ1v) is 7.36. The van der Waals surface area contributed by atoms with Crippen LogP contribution < -0.4 is 0 Å². The molecule has 0 amide bonds. The number of ketones is 1. The number of aliphatic hydroxyl groups excluding tert-OH is 1. The first-order valence-electron chi connectivity index (χ1n) is 7.36. The van der Waals surface area contributed by atoms with Gasteiger partial charge in [-0.1, -0.05) is 6.08 Å². The van der Waals surface area contributed by atoms with Gasteiger partial charge in [0.15, 0.2) is 5.78 Å². The van der Waals surface area contributed by atoms with Gasteiger partial charge in [-0.3, -0.25) is 4.79 Å². The lowest BCUT2D eigenvalue weighted by Crippen LogP contribution is -2.29. The van der Waals surface area contributed by atoms with Crippen molar-refractivity contribution in [2.75, 3.05) is 13.9 Å². The molecule has 8 nitrogen and oxygen atoms in total. The number of carboxylic acid groups (broad SMARTS) is 1. The molecule has 0 aliphatic rings. The quantitative estimate of drug-likeness (QED) is 0.303. The van der Waals surface area contributed by atoms with Crippen LogP contribution in [0.3, 0.4) is 0 Å². The molecule has 0 unspecified atom stereocenters. The van der Waals surface area contributed by atoms with Crippen molar-refractivity contribution in [3.8, 4) is 0 Å². The van der Waals surface area contributed by atoms with Crippen LogP contribution in [0.4, 0.5) is 0 Å². The summed E-state index contributed by atoms with van der Waals surface area (Å²) in [5.41, 5.74) is 0. The number of carboxylic acids is 1. The van der Waals surface area contributed by atoms with Crippen molar-refractivity contribution < 1.29 is 38.8 Å². The molecule has 0 heterocycles. The molecule has 8 heteroatoms. The molecule has 0 aliphatic heterocycles. The summed E-state index contributed by atoms with van der Waals surface area (Å²) >= 11 is 0. The van der Waals surface area contributed by atoms with E-state index in [4.69, 9.17) is 24.4 Å². The SMILES string of the molecule is COCO[C@H](C[C@@H](C)OC(=O)/C=C/C[C@@H](C)O)C(=O)/C=C/C(=O)O. The molecule has 0 spiro atoms. The lowest BCUT2D eigenvalue weighted by molar-refractivity contribution is -0.149. The van der Waals surface area contributed by atoms with Crippen molar-refractivity contribution in [1.82, 2.24) is 0 Å². The van der Waals surface area contributed by atoms with Gasteiger partial charge < -0.3 is 24.4 Å². The molecule has 0 aromatic carbocycles. The smallest absolute Gasteiger partial charge is 0.330 e. The second kappa shape index (κ2) is 12.4. The van der Waals surface area contributed by atoms with Crippen molar-refractivity contribution in [1.29, 1.82) is 0 Å². The Bertz CT molecular complexity index is 467. The van der Waals surface area contributed by atoms with Crippen LogP contribution in [-0.2, 0) is 28.6 Å². The van der Waals surface area contributed by atoms with E-state index in [9.17, 15) is 14.4 Å². The zero-order valence-corrected chi connectivity index (χ0v) is 14.0. The van der Waals surface area contributed by atoms with Gasteiger partial charge >= 0.3 is 11.9 Å². The molecular weight excluding hydrogens is 320 g/mol. The summed E-state index contributed by atoms with van der Waals surface area (Å²) in [6.07, 6.45) is 2.45. The Morgan fingerprint density at radius 3 is 2.33 bits per heavy atom. The molecule has 0 rings (SSSR count). The summed E-state index contributed by atoms with van der Waals surface area (Å²) < 4.78 is 15.0. The highest BCUT2D eigenvalue weighted by molar-refractivity contribution is 5.98. The standard InChI is InChI=1S/C16H24O8/c1-11(17)5-4-6-16(21)24-12(2)9-14(23-10-22-3)13(18)7-8-15(19)20/h4,6-8,11-12,14,17H,5,9-10H2,1-3H3,(H,19,20)/b6-4+,8-7+/t11-,12-,14-/m1/s1. The number of esters is 1. The van der Waals surface area contributed by atoms with Crippen molar-refractivity contribution in [3.63, 3.8) is 0 Å². The fourth-order valence-corrected chi connectivity index (χ4v) is 1.63. The molecule has 0 bridgehead atoms. The molecule has 0 aromatic heterocycles. The van der Waals surface area contributed by atoms with Crippen molar-refractivity contribution in [2.45, 2.75) is 45.0 Å². The minimum atomic E-state index is -1.25. The van der Waals surface area contributed by atoms with E-state index in [0.29, 0.717) is 12.5 Å². The fraction of sp³-hybridized carbons (Fsp3) is 0.562. The highest BCUT2D eigenvalue weighted by Gasteiger charge is 2.22. The molecule has 0 aliphatic carbocycles. The summed E-state index contributed by atoms with van der Waals surface area (Å²) in [4.78, 5) is 33.9. The highest BCUT2D eigenvalue weighted by Crippen LogP contribution is 2.09. The average Bonchev–Trinajstić information content (AvgIpc) is 2.48. The molecule has 0 saturated heterocycles.